The second-order valence-electron chi connectivity index (χ2n) is 6.00. The van der Waals surface area contributed by atoms with E-state index in [4.69, 9.17) is 0 Å². The van der Waals surface area contributed by atoms with Gasteiger partial charge in [-0.05, 0) is 37.1 Å². The summed E-state index contributed by atoms with van der Waals surface area (Å²) in [5.74, 6) is 2.80. The number of rotatable bonds is 5. The highest BCUT2D eigenvalue weighted by Crippen LogP contribution is 2.22. The SMILES string of the molecule is CSCCC(=O)N1CCCC(Cc2nc3ccccc3[nH]2)C1. The van der Waals surface area contributed by atoms with Gasteiger partial charge in [-0.15, -0.1) is 0 Å². The van der Waals surface area contributed by atoms with Crippen LogP contribution in [0.4, 0.5) is 0 Å². The van der Waals surface area contributed by atoms with E-state index in [1.54, 1.807) is 11.8 Å². The van der Waals surface area contributed by atoms with Gasteiger partial charge in [0.2, 0.25) is 5.91 Å². The van der Waals surface area contributed by atoms with E-state index in [0.717, 1.165) is 48.5 Å². The van der Waals surface area contributed by atoms with Crippen LogP contribution < -0.4 is 0 Å². The standard InChI is InChI=1S/C17H23N3OS/c1-22-10-8-17(21)20-9-4-5-13(12-20)11-16-18-14-6-2-3-7-15(14)19-16/h2-3,6-7,13H,4-5,8-12H2,1H3,(H,18,19). The van der Waals surface area contributed by atoms with Crippen molar-refractivity contribution in [3.8, 4) is 0 Å². The van der Waals surface area contributed by atoms with E-state index in [1.807, 2.05) is 29.4 Å². The van der Waals surface area contributed by atoms with Crippen LogP contribution in [0.3, 0.4) is 0 Å². The summed E-state index contributed by atoms with van der Waals surface area (Å²) >= 11 is 1.74. The van der Waals surface area contributed by atoms with Gasteiger partial charge >= 0.3 is 0 Å². The van der Waals surface area contributed by atoms with E-state index >= 15 is 0 Å². The van der Waals surface area contributed by atoms with Crippen molar-refractivity contribution in [3.05, 3.63) is 30.1 Å². The molecule has 22 heavy (non-hydrogen) atoms. The zero-order chi connectivity index (χ0) is 15.4. The molecule has 1 aliphatic heterocycles. The number of benzene rings is 1. The molecule has 1 amide bonds. The molecule has 0 saturated carbocycles. The molecule has 0 aliphatic carbocycles. The summed E-state index contributed by atoms with van der Waals surface area (Å²) in [6.07, 6.45) is 5.94. The van der Waals surface area contributed by atoms with E-state index in [-0.39, 0.29) is 0 Å². The van der Waals surface area contributed by atoms with Gasteiger partial charge in [0.1, 0.15) is 5.82 Å². The van der Waals surface area contributed by atoms with Crippen LogP contribution in [0.1, 0.15) is 25.1 Å². The lowest BCUT2D eigenvalue weighted by atomic mass is 9.94. The second kappa shape index (κ2) is 7.18. The topological polar surface area (TPSA) is 49.0 Å². The number of carbonyl (C=O) groups is 1. The van der Waals surface area contributed by atoms with Crippen LogP contribution >= 0.6 is 11.8 Å². The molecule has 1 atom stereocenters. The molecule has 1 aromatic carbocycles. The number of aromatic amines is 1. The molecule has 4 nitrogen and oxygen atoms in total. The molecule has 0 radical (unpaired) electrons. The molecule has 1 saturated heterocycles. The minimum Gasteiger partial charge on any atom is -0.342 e. The number of nitrogens with one attached hydrogen (secondary N) is 1. The van der Waals surface area contributed by atoms with Crippen molar-refractivity contribution >= 4 is 28.7 Å². The number of aromatic nitrogens is 2. The molecular formula is C17H23N3OS. The zero-order valence-electron chi connectivity index (χ0n) is 13.0. The number of likely N-dealkylation sites (tertiary alicyclic amines) is 1. The Balaban J connectivity index is 1.61. The van der Waals surface area contributed by atoms with Crippen LogP contribution in [0, 0.1) is 5.92 Å². The van der Waals surface area contributed by atoms with Crippen molar-refractivity contribution in [1.29, 1.82) is 0 Å². The monoisotopic (exact) mass is 317 g/mol. The average Bonchev–Trinajstić information content (AvgIpc) is 2.95. The lowest BCUT2D eigenvalue weighted by Gasteiger charge is -2.32. The Labute approximate surface area is 135 Å². The number of amides is 1. The van der Waals surface area contributed by atoms with Gasteiger partial charge in [-0.3, -0.25) is 4.79 Å². The summed E-state index contributed by atoms with van der Waals surface area (Å²) in [4.78, 5) is 22.3. The predicted molar refractivity (Wildman–Crippen MR) is 92.1 cm³/mol. The molecule has 1 N–H and O–H groups in total. The van der Waals surface area contributed by atoms with Crippen molar-refractivity contribution in [3.63, 3.8) is 0 Å². The van der Waals surface area contributed by atoms with E-state index in [9.17, 15) is 4.79 Å². The largest absolute Gasteiger partial charge is 0.342 e. The Hall–Kier alpha value is -1.49. The highest BCUT2D eigenvalue weighted by atomic mass is 32.2. The summed E-state index contributed by atoms with van der Waals surface area (Å²) in [7, 11) is 0. The second-order valence-corrected chi connectivity index (χ2v) is 6.98. The first-order valence-electron chi connectivity index (χ1n) is 7.96. The molecule has 118 valence electrons. The first-order valence-corrected chi connectivity index (χ1v) is 9.36. The first kappa shape index (κ1) is 15.4. The van der Waals surface area contributed by atoms with Gasteiger partial charge in [0.05, 0.1) is 11.0 Å². The van der Waals surface area contributed by atoms with Gasteiger partial charge in [0.25, 0.3) is 0 Å². The van der Waals surface area contributed by atoms with Gasteiger partial charge in [-0.2, -0.15) is 11.8 Å². The van der Waals surface area contributed by atoms with E-state index < -0.39 is 0 Å². The molecule has 1 unspecified atom stereocenters. The maximum atomic E-state index is 12.2. The van der Waals surface area contributed by atoms with Crippen molar-refractivity contribution < 1.29 is 4.79 Å². The number of thioether (sulfide) groups is 1. The molecule has 2 aromatic rings. The summed E-state index contributed by atoms with van der Waals surface area (Å²) in [5.41, 5.74) is 2.13. The summed E-state index contributed by atoms with van der Waals surface area (Å²) < 4.78 is 0. The lowest BCUT2D eigenvalue weighted by Crippen LogP contribution is -2.40. The first-order chi connectivity index (χ1) is 10.8. The van der Waals surface area contributed by atoms with Gasteiger partial charge in [-0.25, -0.2) is 4.98 Å². The fourth-order valence-electron chi connectivity index (χ4n) is 3.18. The number of hydrogen-bond acceptors (Lipinski definition) is 3. The van der Waals surface area contributed by atoms with Gasteiger partial charge < -0.3 is 9.88 Å². The Morgan fingerprint density at radius 3 is 3.14 bits per heavy atom. The van der Waals surface area contributed by atoms with Crippen LogP contribution in [-0.4, -0.2) is 45.9 Å². The quantitative estimate of drug-likeness (QED) is 0.922. The number of nitrogens with zero attached hydrogens (tertiary/aromatic N) is 2. The molecule has 1 aromatic heterocycles. The third kappa shape index (κ3) is 3.64. The number of hydrogen-bond donors (Lipinski definition) is 1. The van der Waals surface area contributed by atoms with Gasteiger partial charge in [-0.1, -0.05) is 12.1 Å². The van der Waals surface area contributed by atoms with Crippen molar-refractivity contribution in [2.45, 2.75) is 25.7 Å². The van der Waals surface area contributed by atoms with E-state index in [0.29, 0.717) is 18.2 Å². The summed E-state index contributed by atoms with van der Waals surface area (Å²) in [6, 6.07) is 8.14. The van der Waals surface area contributed by atoms with Crippen LogP contribution in [0.5, 0.6) is 0 Å². The normalized spacial score (nSPS) is 18.8. The van der Waals surface area contributed by atoms with Crippen LogP contribution in [0.25, 0.3) is 11.0 Å². The summed E-state index contributed by atoms with van der Waals surface area (Å²) in [5, 5.41) is 0. The number of fused-ring (bicyclic) bond motifs is 1. The van der Waals surface area contributed by atoms with Crippen LogP contribution in [0.2, 0.25) is 0 Å². The third-order valence-corrected chi connectivity index (χ3v) is 4.92. The van der Waals surface area contributed by atoms with Crippen LogP contribution in [0.15, 0.2) is 24.3 Å². The lowest BCUT2D eigenvalue weighted by molar-refractivity contribution is -0.132. The summed E-state index contributed by atoms with van der Waals surface area (Å²) in [6.45, 7) is 1.80. The predicted octanol–water partition coefficient (Wildman–Crippen LogP) is 3.10. The van der Waals surface area contributed by atoms with Gasteiger partial charge in [0, 0.05) is 31.7 Å². The fraction of sp³-hybridized carbons (Fsp3) is 0.529. The van der Waals surface area contributed by atoms with E-state index in [1.165, 1.54) is 6.42 Å². The highest BCUT2D eigenvalue weighted by molar-refractivity contribution is 7.98. The number of imidazole rings is 1. The molecule has 1 fully saturated rings. The van der Waals surface area contributed by atoms with Gasteiger partial charge in [0.15, 0.2) is 0 Å². The molecule has 2 heterocycles. The van der Waals surface area contributed by atoms with Crippen LogP contribution in [-0.2, 0) is 11.2 Å². The van der Waals surface area contributed by atoms with Crippen molar-refractivity contribution in [2.24, 2.45) is 5.92 Å². The van der Waals surface area contributed by atoms with Crippen molar-refractivity contribution in [2.75, 3.05) is 25.1 Å². The smallest absolute Gasteiger partial charge is 0.223 e. The highest BCUT2D eigenvalue weighted by Gasteiger charge is 2.24. The Bertz CT molecular complexity index is 607. The maximum absolute atomic E-state index is 12.2. The Morgan fingerprint density at radius 1 is 1.45 bits per heavy atom. The minimum absolute atomic E-state index is 0.309. The Morgan fingerprint density at radius 2 is 2.32 bits per heavy atom. The van der Waals surface area contributed by atoms with E-state index in [2.05, 4.69) is 16.0 Å². The maximum Gasteiger partial charge on any atom is 0.223 e. The van der Waals surface area contributed by atoms with Crippen molar-refractivity contribution in [1.82, 2.24) is 14.9 Å². The average molecular weight is 317 g/mol. The number of carbonyl (C=O) groups excluding carboxylic acids is 1. The fourth-order valence-corrected chi connectivity index (χ4v) is 3.56. The molecular weight excluding hydrogens is 294 g/mol. The Kier molecular flexibility index (Phi) is 5.03. The minimum atomic E-state index is 0.309. The number of piperidine rings is 1. The molecule has 0 spiro atoms. The molecule has 0 bridgehead atoms. The molecule has 5 heteroatoms. The third-order valence-electron chi connectivity index (χ3n) is 4.31. The zero-order valence-corrected chi connectivity index (χ0v) is 13.9. The number of para-hydroxylation sites is 2. The molecule has 1 aliphatic rings. The molecule has 3 rings (SSSR count). The number of H-pyrrole nitrogens is 1.